The van der Waals surface area contributed by atoms with Crippen molar-refractivity contribution in [1.29, 1.82) is 0 Å². The summed E-state index contributed by atoms with van der Waals surface area (Å²) in [5.74, 6) is -0.190. The summed E-state index contributed by atoms with van der Waals surface area (Å²) >= 11 is 5.67. The van der Waals surface area contributed by atoms with Crippen LogP contribution in [0, 0.1) is 10.1 Å². The molecule has 8 heteroatoms. The molecule has 0 aromatic carbocycles. The van der Waals surface area contributed by atoms with Crippen LogP contribution in [0.25, 0.3) is 0 Å². The van der Waals surface area contributed by atoms with Gasteiger partial charge in [-0.15, -0.1) is 0 Å². The predicted octanol–water partition coefficient (Wildman–Crippen LogP) is 2.03. The molecule has 0 aliphatic rings. The highest BCUT2D eigenvalue weighted by molar-refractivity contribution is 6.30. The maximum Gasteiger partial charge on any atom is 0.313 e. The van der Waals surface area contributed by atoms with Gasteiger partial charge in [0, 0.05) is 25.9 Å². The molecule has 0 saturated carbocycles. The van der Waals surface area contributed by atoms with Crippen LogP contribution in [0.5, 0.6) is 0 Å². The predicted molar refractivity (Wildman–Crippen MR) is 70.4 cm³/mol. The van der Waals surface area contributed by atoms with Crippen molar-refractivity contribution in [2.45, 2.75) is 13.3 Å². The first-order chi connectivity index (χ1) is 8.95. The molecule has 1 aromatic heterocycles. The van der Waals surface area contributed by atoms with E-state index in [1.165, 1.54) is 17.2 Å². The van der Waals surface area contributed by atoms with Crippen LogP contribution in [-0.2, 0) is 9.53 Å². The monoisotopic (exact) mass is 287 g/mol. The number of nitrogens with zero attached hydrogens (tertiary/aromatic N) is 3. The Hall–Kier alpha value is -1.89. The first kappa shape index (κ1) is 15.2. The Labute approximate surface area is 115 Å². The van der Waals surface area contributed by atoms with Crippen LogP contribution in [0.1, 0.15) is 13.3 Å². The summed E-state index contributed by atoms with van der Waals surface area (Å²) < 4.78 is 4.78. The van der Waals surface area contributed by atoms with Gasteiger partial charge < -0.3 is 9.64 Å². The zero-order valence-electron chi connectivity index (χ0n) is 10.6. The second kappa shape index (κ2) is 6.89. The molecule has 0 aliphatic carbocycles. The summed E-state index contributed by atoms with van der Waals surface area (Å²) in [5.41, 5.74) is -0.196. The van der Waals surface area contributed by atoms with Gasteiger partial charge in [0.25, 0.3) is 0 Å². The number of esters is 1. The molecule has 0 radical (unpaired) electrons. The van der Waals surface area contributed by atoms with Crippen molar-refractivity contribution >= 4 is 29.1 Å². The number of carbonyl (C=O) groups is 1. The van der Waals surface area contributed by atoms with Gasteiger partial charge in [-0.25, -0.2) is 4.98 Å². The van der Waals surface area contributed by atoms with Crippen LogP contribution in [0.15, 0.2) is 12.3 Å². The fourth-order valence-electron chi connectivity index (χ4n) is 1.45. The zero-order chi connectivity index (χ0) is 14.4. The molecule has 104 valence electrons. The third-order valence-corrected chi connectivity index (χ3v) is 2.54. The van der Waals surface area contributed by atoms with E-state index in [0.717, 1.165) is 0 Å². The highest BCUT2D eigenvalue weighted by Gasteiger charge is 2.20. The number of halogens is 1. The Bertz CT molecular complexity index is 481. The Morgan fingerprint density at radius 1 is 1.63 bits per heavy atom. The molecule has 1 rings (SSSR count). The van der Waals surface area contributed by atoms with Crippen LogP contribution in [-0.4, -0.2) is 36.1 Å². The summed E-state index contributed by atoms with van der Waals surface area (Å²) in [7, 11) is 1.61. The number of anilines is 1. The molecule has 0 amide bonds. The number of hydrogen-bond acceptors (Lipinski definition) is 6. The number of hydrogen-bond donors (Lipinski definition) is 0. The first-order valence-corrected chi connectivity index (χ1v) is 6.00. The molecule has 0 unspecified atom stereocenters. The van der Waals surface area contributed by atoms with Crippen molar-refractivity contribution in [3.63, 3.8) is 0 Å². The SMILES string of the molecule is CCOC(=O)CCN(C)c1ncc(Cl)cc1[N+](=O)[O-]. The van der Waals surface area contributed by atoms with Gasteiger partial charge in [0.15, 0.2) is 0 Å². The van der Waals surface area contributed by atoms with Gasteiger partial charge in [0.2, 0.25) is 5.82 Å². The molecular formula is C11H14ClN3O4. The molecule has 0 spiro atoms. The maximum absolute atomic E-state index is 11.2. The number of rotatable bonds is 6. The van der Waals surface area contributed by atoms with Gasteiger partial charge in [-0.1, -0.05) is 11.6 Å². The summed E-state index contributed by atoms with van der Waals surface area (Å²) in [6, 6.07) is 1.23. The van der Waals surface area contributed by atoms with E-state index in [0.29, 0.717) is 6.61 Å². The lowest BCUT2D eigenvalue weighted by Crippen LogP contribution is -2.23. The van der Waals surface area contributed by atoms with Crippen LogP contribution in [0.4, 0.5) is 11.5 Å². The molecule has 1 heterocycles. The van der Waals surface area contributed by atoms with E-state index >= 15 is 0 Å². The standard InChI is InChI=1S/C11H14ClN3O4/c1-3-19-10(16)4-5-14(2)11-9(15(17)18)6-8(12)7-13-11/h6-7H,3-5H2,1-2H3. The van der Waals surface area contributed by atoms with Crippen LogP contribution >= 0.6 is 11.6 Å². The Morgan fingerprint density at radius 2 is 2.32 bits per heavy atom. The van der Waals surface area contributed by atoms with E-state index in [9.17, 15) is 14.9 Å². The average Bonchev–Trinajstić information content (AvgIpc) is 2.36. The van der Waals surface area contributed by atoms with Crippen molar-refractivity contribution in [3.8, 4) is 0 Å². The number of carbonyl (C=O) groups excluding carboxylic acids is 1. The molecule has 19 heavy (non-hydrogen) atoms. The summed E-state index contributed by atoms with van der Waals surface area (Å²) in [5, 5.41) is 11.1. The Balaban J connectivity index is 2.79. The number of ether oxygens (including phenoxy) is 1. The molecule has 0 fully saturated rings. The van der Waals surface area contributed by atoms with E-state index in [1.807, 2.05) is 0 Å². The molecule has 0 saturated heterocycles. The van der Waals surface area contributed by atoms with Gasteiger partial charge in [-0.2, -0.15) is 0 Å². The molecule has 7 nitrogen and oxygen atoms in total. The van der Waals surface area contributed by atoms with Crippen molar-refractivity contribution in [2.75, 3.05) is 25.1 Å². The fraction of sp³-hybridized carbons (Fsp3) is 0.455. The summed E-state index contributed by atoms with van der Waals surface area (Å²) in [6.45, 7) is 2.30. The van der Waals surface area contributed by atoms with Gasteiger partial charge in [0.05, 0.1) is 23.0 Å². The summed E-state index contributed by atoms with van der Waals surface area (Å²) in [6.07, 6.45) is 1.45. The Morgan fingerprint density at radius 3 is 2.89 bits per heavy atom. The fourth-order valence-corrected chi connectivity index (χ4v) is 1.60. The normalized spacial score (nSPS) is 10.1. The minimum absolute atomic E-state index is 0.131. The van der Waals surface area contributed by atoms with Crippen molar-refractivity contribution < 1.29 is 14.5 Å². The zero-order valence-corrected chi connectivity index (χ0v) is 11.4. The van der Waals surface area contributed by atoms with Crippen LogP contribution in [0.3, 0.4) is 0 Å². The number of aromatic nitrogens is 1. The van der Waals surface area contributed by atoms with E-state index in [2.05, 4.69) is 4.98 Å². The highest BCUT2D eigenvalue weighted by atomic mass is 35.5. The molecule has 0 bridgehead atoms. The molecule has 0 N–H and O–H groups in total. The molecule has 0 atom stereocenters. The van der Waals surface area contributed by atoms with Gasteiger partial charge in [-0.05, 0) is 6.92 Å². The lowest BCUT2D eigenvalue weighted by molar-refractivity contribution is -0.384. The minimum Gasteiger partial charge on any atom is -0.466 e. The highest BCUT2D eigenvalue weighted by Crippen LogP contribution is 2.27. The smallest absolute Gasteiger partial charge is 0.313 e. The lowest BCUT2D eigenvalue weighted by Gasteiger charge is -2.17. The van der Waals surface area contributed by atoms with Crippen molar-refractivity contribution in [3.05, 3.63) is 27.4 Å². The quantitative estimate of drug-likeness (QED) is 0.452. The average molecular weight is 288 g/mol. The number of pyridine rings is 1. The second-order valence-corrected chi connectivity index (χ2v) is 4.17. The second-order valence-electron chi connectivity index (χ2n) is 3.73. The van der Waals surface area contributed by atoms with E-state index in [-0.39, 0.29) is 35.5 Å². The minimum atomic E-state index is -0.560. The van der Waals surface area contributed by atoms with Crippen molar-refractivity contribution in [1.82, 2.24) is 4.98 Å². The number of nitro groups is 1. The third-order valence-electron chi connectivity index (χ3n) is 2.33. The van der Waals surface area contributed by atoms with E-state index in [1.54, 1.807) is 14.0 Å². The van der Waals surface area contributed by atoms with Gasteiger partial charge >= 0.3 is 11.7 Å². The van der Waals surface area contributed by atoms with E-state index < -0.39 is 4.92 Å². The largest absolute Gasteiger partial charge is 0.466 e. The van der Waals surface area contributed by atoms with Crippen molar-refractivity contribution in [2.24, 2.45) is 0 Å². The van der Waals surface area contributed by atoms with Gasteiger partial charge in [-0.3, -0.25) is 14.9 Å². The van der Waals surface area contributed by atoms with Gasteiger partial charge in [0.1, 0.15) is 0 Å². The third kappa shape index (κ3) is 4.36. The summed E-state index contributed by atoms with van der Waals surface area (Å²) in [4.78, 5) is 27.0. The Kier molecular flexibility index (Phi) is 5.50. The van der Waals surface area contributed by atoms with Crippen LogP contribution < -0.4 is 4.90 Å². The molecular weight excluding hydrogens is 274 g/mol. The topological polar surface area (TPSA) is 85.6 Å². The first-order valence-electron chi connectivity index (χ1n) is 5.62. The molecule has 1 aromatic rings. The maximum atomic E-state index is 11.2. The van der Waals surface area contributed by atoms with Crippen LogP contribution in [0.2, 0.25) is 5.02 Å². The molecule has 0 aliphatic heterocycles. The lowest BCUT2D eigenvalue weighted by atomic mass is 10.3. The van der Waals surface area contributed by atoms with E-state index in [4.69, 9.17) is 16.3 Å².